The number of likely N-dealkylation sites (tertiary alicyclic amines) is 1. The number of benzene rings is 3. The molecule has 0 spiro atoms. The van der Waals surface area contributed by atoms with Crippen LogP contribution in [0.4, 0.5) is 39.5 Å². The lowest BCUT2D eigenvalue weighted by Gasteiger charge is -2.27. The van der Waals surface area contributed by atoms with E-state index in [0.29, 0.717) is 36.2 Å². The Kier molecular flexibility index (Phi) is 7.53. The van der Waals surface area contributed by atoms with Gasteiger partial charge in [-0.15, -0.1) is 0 Å². The fourth-order valence-corrected chi connectivity index (χ4v) is 5.37. The summed E-state index contributed by atoms with van der Waals surface area (Å²) in [6, 6.07) is 9.72. The predicted octanol–water partition coefficient (Wildman–Crippen LogP) is 7.21. The van der Waals surface area contributed by atoms with Gasteiger partial charge in [0.2, 0.25) is 0 Å². The molecule has 2 heterocycles. The van der Waals surface area contributed by atoms with Crippen LogP contribution in [0.3, 0.4) is 0 Å². The normalized spacial score (nSPS) is 18.5. The van der Waals surface area contributed by atoms with Gasteiger partial charge >= 0.3 is 12.4 Å². The Morgan fingerprint density at radius 3 is 2.17 bits per heavy atom. The van der Waals surface area contributed by atoms with Crippen LogP contribution in [0.5, 0.6) is 0 Å². The van der Waals surface area contributed by atoms with E-state index in [9.17, 15) is 39.5 Å². The minimum atomic E-state index is -4.77. The lowest BCUT2D eigenvalue weighted by Crippen LogP contribution is -2.33. The third kappa shape index (κ3) is 5.91. The van der Waals surface area contributed by atoms with E-state index in [-0.39, 0.29) is 17.6 Å². The second-order valence-electron chi connectivity index (χ2n) is 9.97. The zero-order valence-electron chi connectivity index (χ0n) is 21.2. The molecule has 3 aromatic carbocycles. The van der Waals surface area contributed by atoms with Gasteiger partial charge in [0.05, 0.1) is 24.2 Å². The minimum Gasteiger partial charge on any atom is -0.326 e. The molecule has 4 nitrogen and oxygen atoms in total. The largest absolute Gasteiger partial charge is 0.418 e. The summed E-state index contributed by atoms with van der Waals surface area (Å²) in [5.41, 5.74) is 5.19. The summed E-state index contributed by atoms with van der Waals surface area (Å²) in [5.74, 6) is -3.61. The molecule has 1 aliphatic rings. The molecule has 2 N–H and O–H groups in total. The highest BCUT2D eigenvalue weighted by Crippen LogP contribution is 2.39. The highest BCUT2D eigenvalue weighted by Gasteiger charge is 2.37. The molecule has 0 aliphatic carbocycles. The Morgan fingerprint density at radius 2 is 1.56 bits per heavy atom. The molecule has 13 heteroatoms. The van der Waals surface area contributed by atoms with Crippen molar-refractivity contribution in [3.8, 4) is 11.3 Å². The standard InChI is InChI=1S/C28H23F9N4/c29-17-12-21(30)19(22(31)13-17)14-41-25(18-2-1-3-20(24(18)39-41)28(35,36)37)15-4-6-16(7-5-15)26-23(38)8-10-40(26)11-9-27(32,33)34/h1-7,12-13,23,26H,8-11,14,38H2. The van der Waals surface area contributed by atoms with Crippen molar-refractivity contribution in [2.45, 2.75) is 43.8 Å². The van der Waals surface area contributed by atoms with Gasteiger partial charge < -0.3 is 5.73 Å². The first-order valence-electron chi connectivity index (χ1n) is 12.6. The first-order valence-corrected chi connectivity index (χ1v) is 12.6. The molecular formula is C28H23F9N4. The molecule has 0 saturated carbocycles. The van der Waals surface area contributed by atoms with Crippen LogP contribution in [0.1, 0.15) is 35.6 Å². The number of alkyl halides is 6. The first-order chi connectivity index (χ1) is 19.2. The summed E-state index contributed by atoms with van der Waals surface area (Å²) < 4.78 is 123. The summed E-state index contributed by atoms with van der Waals surface area (Å²) in [7, 11) is 0. The summed E-state index contributed by atoms with van der Waals surface area (Å²) in [6.07, 6.45) is -9.63. The number of rotatable bonds is 6. The maximum atomic E-state index is 14.5. The zero-order chi connectivity index (χ0) is 29.7. The van der Waals surface area contributed by atoms with Crippen molar-refractivity contribution < 1.29 is 39.5 Å². The SMILES string of the molecule is NC1CCN(CCC(F)(F)F)C1c1ccc(-c2c3cccc(C(F)(F)F)c3nn2Cc2c(F)cc(F)cc2F)cc1. The number of nitrogens with zero attached hydrogens (tertiary/aromatic N) is 3. The smallest absolute Gasteiger partial charge is 0.326 e. The fraction of sp³-hybridized carbons (Fsp3) is 0.321. The molecule has 1 aromatic heterocycles. The zero-order valence-corrected chi connectivity index (χ0v) is 21.2. The van der Waals surface area contributed by atoms with Crippen LogP contribution < -0.4 is 5.73 Å². The van der Waals surface area contributed by atoms with E-state index < -0.39 is 71.5 Å². The van der Waals surface area contributed by atoms with Crippen LogP contribution in [0, 0.1) is 17.5 Å². The summed E-state index contributed by atoms with van der Waals surface area (Å²) in [4.78, 5) is 1.64. The van der Waals surface area contributed by atoms with Gasteiger partial charge in [-0.25, -0.2) is 13.2 Å². The van der Waals surface area contributed by atoms with Gasteiger partial charge in [0, 0.05) is 53.8 Å². The number of halogens is 9. The van der Waals surface area contributed by atoms with E-state index in [1.807, 2.05) is 0 Å². The number of nitrogens with two attached hydrogens (primary N) is 1. The second kappa shape index (κ2) is 10.7. The van der Waals surface area contributed by atoms with Crippen LogP contribution in [0.25, 0.3) is 22.2 Å². The van der Waals surface area contributed by atoms with Gasteiger partial charge in [0.1, 0.15) is 23.0 Å². The minimum absolute atomic E-state index is 0.0554. The lowest BCUT2D eigenvalue weighted by molar-refractivity contribution is -0.138. The molecule has 2 atom stereocenters. The van der Waals surface area contributed by atoms with Gasteiger partial charge in [0.25, 0.3) is 0 Å². The van der Waals surface area contributed by atoms with E-state index in [4.69, 9.17) is 5.73 Å². The Balaban J connectivity index is 1.58. The highest BCUT2D eigenvalue weighted by molar-refractivity contribution is 5.95. The van der Waals surface area contributed by atoms with Crippen LogP contribution in [-0.2, 0) is 12.7 Å². The molecule has 1 saturated heterocycles. The Labute approximate surface area is 228 Å². The van der Waals surface area contributed by atoms with Crippen LogP contribution in [0.2, 0.25) is 0 Å². The number of hydrogen-bond acceptors (Lipinski definition) is 3. The quantitative estimate of drug-likeness (QED) is 0.243. The van der Waals surface area contributed by atoms with Crippen molar-refractivity contribution in [2.75, 3.05) is 13.1 Å². The van der Waals surface area contributed by atoms with Crippen molar-refractivity contribution in [2.24, 2.45) is 5.73 Å². The number of hydrogen-bond donors (Lipinski definition) is 1. The van der Waals surface area contributed by atoms with Gasteiger partial charge in [-0.1, -0.05) is 36.4 Å². The number of fused-ring (bicyclic) bond motifs is 1. The van der Waals surface area contributed by atoms with E-state index in [1.54, 1.807) is 29.2 Å². The topological polar surface area (TPSA) is 47.1 Å². The van der Waals surface area contributed by atoms with Gasteiger partial charge in [-0.05, 0) is 18.1 Å². The molecule has 2 unspecified atom stereocenters. The van der Waals surface area contributed by atoms with E-state index >= 15 is 0 Å². The highest BCUT2D eigenvalue weighted by atomic mass is 19.4. The van der Waals surface area contributed by atoms with Crippen molar-refractivity contribution in [1.82, 2.24) is 14.7 Å². The first kappa shape index (κ1) is 28.9. The molecule has 0 radical (unpaired) electrons. The molecule has 4 aromatic rings. The van der Waals surface area contributed by atoms with E-state index in [2.05, 4.69) is 5.10 Å². The Hall–Kier alpha value is -3.58. The van der Waals surface area contributed by atoms with Crippen molar-refractivity contribution >= 4 is 10.9 Å². The molecule has 0 bridgehead atoms. The van der Waals surface area contributed by atoms with Crippen LogP contribution in [-0.4, -0.2) is 40.0 Å². The molecule has 1 aliphatic heterocycles. The van der Waals surface area contributed by atoms with Crippen LogP contribution >= 0.6 is 0 Å². The summed E-state index contributed by atoms with van der Waals surface area (Å²) >= 11 is 0. The average Bonchev–Trinajstić information content (AvgIpc) is 3.43. The Morgan fingerprint density at radius 1 is 0.902 bits per heavy atom. The molecule has 5 rings (SSSR count). The van der Waals surface area contributed by atoms with Crippen molar-refractivity contribution in [3.63, 3.8) is 0 Å². The third-order valence-electron chi connectivity index (χ3n) is 7.25. The molecule has 218 valence electrons. The Bertz CT molecular complexity index is 1540. The summed E-state index contributed by atoms with van der Waals surface area (Å²) in [6.45, 7) is -0.508. The van der Waals surface area contributed by atoms with E-state index in [0.717, 1.165) is 10.7 Å². The van der Waals surface area contributed by atoms with Crippen molar-refractivity contribution in [3.05, 3.63) is 88.7 Å². The molecule has 1 fully saturated rings. The van der Waals surface area contributed by atoms with Crippen molar-refractivity contribution in [1.29, 1.82) is 0 Å². The summed E-state index contributed by atoms with van der Waals surface area (Å²) in [5, 5.41) is 4.12. The van der Waals surface area contributed by atoms with Crippen LogP contribution in [0.15, 0.2) is 54.6 Å². The monoisotopic (exact) mass is 586 g/mol. The van der Waals surface area contributed by atoms with Gasteiger partial charge in [0.15, 0.2) is 0 Å². The lowest BCUT2D eigenvalue weighted by atomic mass is 9.97. The molecular weight excluding hydrogens is 563 g/mol. The molecule has 41 heavy (non-hydrogen) atoms. The number of aromatic nitrogens is 2. The second-order valence-corrected chi connectivity index (χ2v) is 9.97. The van der Waals surface area contributed by atoms with Gasteiger partial charge in [-0.2, -0.15) is 31.4 Å². The third-order valence-corrected chi connectivity index (χ3v) is 7.25. The predicted molar refractivity (Wildman–Crippen MR) is 133 cm³/mol. The maximum Gasteiger partial charge on any atom is 0.418 e. The van der Waals surface area contributed by atoms with Gasteiger partial charge in [-0.3, -0.25) is 9.58 Å². The van der Waals surface area contributed by atoms with E-state index in [1.165, 1.54) is 12.1 Å². The average molecular weight is 587 g/mol. The molecule has 0 amide bonds. The maximum absolute atomic E-state index is 14.5. The fourth-order valence-electron chi connectivity index (χ4n) is 5.37.